The highest BCUT2D eigenvalue weighted by Crippen LogP contribution is 2.51. The van der Waals surface area contributed by atoms with Crippen LogP contribution in [0.15, 0.2) is 29.8 Å². The minimum Gasteiger partial charge on any atom is -0.391 e. The number of hydrogen-bond donors (Lipinski definition) is 4. The zero-order valence-electron chi connectivity index (χ0n) is 29.3. The summed E-state index contributed by atoms with van der Waals surface area (Å²) in [6, 6.07) is 6.21. The van der Waals surface area contributed by atoms with E-state index in [0.717, 1.165) is 54.2 Å². The number of hydrogen-bond acceptors (Lipinski definition) is 9. The van der Waals surface area contributed by atoms with Crippen molar-refractivity contribution in [3.63, 3.8) is 0 Å². The Hall–Kier alpha value is -2.90. The molecule has 4 fully saturated rings. The van der Waals surface area contributed by atoms with Gasteiger partial charge in [0, 0.05) is 26.1 Å². The van der Waals surface area contributed by atoms with Crippen LogP contribution in [-0.4, -0.2) is 96.0 Å². The number of carbonyl (C=O) groups is 3. The second kappa shape index (κ2) is 15.1. The lowest BCUT2D eigenvalue weighted by Crippen LogP contribution is -2.58. The first kappa shape index (κ1) is 35.9. The van der Waals surface area contributed by atoms with Gasteiger partial charge in [-0.2, -0.15) is 0 Å². The topological polar surface area (TPSA) is 142 Å². The van der Waals surface area contributed by atoms with E-state index in [0.29, 0.717) is 17.9 Å². The van der Waals surface area contributed by atoms with Crippen LogP contribution < -0.4 is 16.0 Å². The predicted molar refractivity (Wildman–Crippen MR) is 188 cm³/mol. The molecule has 0 bridgehead atoms. The first-order chi connectivity index (χ1) is 23.4. The number of piperidine rings is 1. The van der Waals surface area contributed by atoms with Crippen molar-refractivity contribution in [1.82, 2.24) is 25.8 Å². The number of amides is 3. The number of nitrogens with one attached hydrogen (secondary N) is 3. The number of rotatable bonds is 12. The third-order valence-corrected chi connectivity index (χ3v) is 11.9. The van der Waals surface area contributed by atoms with E-state index in [1.165, 1.54) is 30.6 Å². The number of nitrogens with zero attached hydrogens (tertiary/aromatic N) is 2. The quantitative estimate of drug-likeness (QED) is 0.264. The van der Waals surface area contributed by atoms with Gasteiger partial charge in [-0.1, -0.05) is 45.0 Å². The van der Waals surface area contributed by atoms with E-state index in [2.05, 4.69) is 20.9 Å². The maximum absolute atomic E-state index is 13.9. The third-order valence-electron chi connectivity index (χ3n) is 10.9. The highest BCUT2D eigenvalue weighted by molar-refractivity contribution is 7.13. The Bertz CT molecular complexity index is 1450. The van der Waals surface area contributed by atoms with Gasteiger partial charge in [0.25, 0.3) is 0 Å². The van der Waals surface area contributed by atoms with Crippen molar-refractivity contribution in [1.29, 1.82) is 0 Å². The van der Waals surface area contributed by atoms with E-state index in [4.69, 9.17) is 9.47 Å². The monoisotopic (exact) mass is 695 g/mol. The van der Waals surface area contributed by atoms with Gasteiger partial charge in [0.15, 0.2) is 0 Å². The lowest BCUT2D eigenvalue weighted by Gasteiger charge is -2.51. The molecule has 2 saturated carbocycles. The van der Waals surface area contributed by atoms with E-state index in [-0.39, 0.29) is 49.5 Å². The molecule has 1 aromatic carbocycles. The Balaban J connectivity index is 0.942. The van der Waals surface area contributed by atoms with Crippen LogP contribution in [0.3, 0.4) is 0 Å². The fourth-order valence-corrected chi connectivity index (χ4v) is 8.70. The number of ether oxygens (including phenoxy) is 2. The van der Waals surface area contributed by atoms with Crippen LogP contribution in [0.4, 0.5) is 0 Å². The lowest BCUT2D eigenvalue weighted by molar-refractivity contribution is -0.148. The van der Waals surface area contributed by atoms with Crippen molar-refractivity contribution < 1.29 is 29.0 Å². The number of benzene rings is 1. The van der Waals surface area contributed by atoms with Crippen LogP contribution in [0, 0.1) is 23.7 Å². The molecule has 0 unspecified atom stereocenters. The van der Waals surface area contributed by atoms with Gasteiger partial charge in [-0.25, -0.2) is 4.98 Å². The average Bonchev–Trinajstić information content (AvgIpc) is 3.65. The first-order valence-electron chi connectivity index (χ1n) is 17.9. The summed E-state index contributed by atoms with van der Waals surface area (Å²) in [6.45, 7) is 10.9. The molecule has 3 amide bonds. The minimum atomic E-state index is -0.893. The standard InChI is InChI=1S/C37H53N5O6S/c1-23-32(49-22-40-23)26-7-5-24(6-8-26)18-39-34(45)30-13-27(43)19-42(30)35(46)33(36(2,3)4)41-31(44)21-48-29-14-28(15-29)47-20-25-16-37(17-25)9-11-38-12-10-37/h5-8,22,25,27-30,33,38,43H,9-21H2,1-4H3,(H,39,45)(H,41,44)/t27-,28?,29?,30+,33-/m1/s1. The van der Waals surface area contributed by atoms with Crippen LogP contribution in [0.2, 0.25) is 0 Å². The van der Waals surface area contributed by atoms with Crippen LogP contribution in [0.1, 0.15) is 77.0 Å². The molecule has 2 aliphatic heterocycles. The highest BCUT2D eigenvalue weighted by Gasteiger charge is 2.46. The number of likely N-dealkylation sites (tertiary alicyclic amines) is 1. The number of aliphatic hydroxyl groups is 1. The molecule has 4 N–H and O–H groups in total. The van der Waals surface area contributed by atoms with Gasteiger partial charge < -0.3 is 35.4 Å². The molecular weight excluding hydrogens is 643 g/mol. The lowest BCUT2D eigenvalue weighted by atomic mass is 9.58. The number of aromatic nitrogens is 1. The van der Waals surface area contributed by atoms with Crippen molar-refractivity contribution in [3.05, 3.63) is 41.0 Å². The Labute approximate surface area is 293 Å². The third kappa shape index (κ3) is 8.71. The van der Waals surface area contributed by atoms with E-state index < -0.39 is 23.6 Å². The maximum Gasteiger partial charge on any atom is 0.246 e. The van der Waals surface area contributed by atoms with E-state index >= 15 is 0 Å². The van der Waals surface area contributed by atoms with Crippen molar-refractivity contribution in [3.8, 4) is 10.4 Å². The summed E-state index contributed by atoms with van der Waals surface area (Å²) in [4.78, 5) is 47.1. The molecule has 4 aliphatic rings. The molecular formula is C37H53N5O6S. The summed E-state index contributed by atoms with van der Waals surface area (Å²) in [5.41, 5.74) is 4.72. The van der Waals surface area contributed by atoms with Crippen LogP contribution in [-0.2, 0) is 30.4 Å². The summed E-state index contributed by atoms with van der Waals surface area (Å²) < 4.78 is 12.0. The van der Waals surface area contributed by atoms with Gasteiger partial charge in [0.1, 0.15) is 18.7 Å². The summed E-state index contributed by atoms with van der Waals surface area (Å²) >= 11 is 1.59. The predicted octanol–water partition coefficient (Wildman–Crippen LogP) is 3.57. The Morgan fingerprint density at radius 3 is 2.43 bits per heavy atom. The number of aryl methyl sites for hydroxylation is 1. The van der Waals surface area contributed by atoms with Gasteiger partial charge in [-0.3, -0.25) is 14.4 Å². The van der Waals surface area contributed by atoms with Crippen molar-refractivity contribution >= 4 is 29.1 Å². The number of aliphatic hydroxyl groups excluding tert-OH is 1. The van der Waals surface area contributed by atoms with Crippen LogP contribution in [0.25, 0.3) is 10.4 Å². The average molecular weight is 696 g/mol. The van der Waals surface area contributed by atoms with E-state index in [1.54, 1.807) is 11.3 Å². The second-order valence-corrected chi connectivity index (χ2v) is 16.7. The molecule has 3 atom stereocenters. The van der Waals surface area contributed by atoms with Gasteiger partial charge >= 0.3 is 0 Å². The zero-order valence-corrected chi connectivity index (χ0v) is 30.2. The Morgan fingerprint density at radius 1 is 1.08 bits per heavy atom. The minimum absolute atomic E-state index is 0.0290. The van der Waals surface area contributed by atoms with E-state index in [9.17, 15) is 19.5 Å². The maximum atomic E-state index is 13.9. The number of thiazole rings is 1. The molecule has 3 heterocycles. The molecule has 2 saturated heterocycles. The van der Waals surface area contributed by atoms with Gasteiger partial charge in [-0.05, 0) is 86.4 Å². The molecule has 0 radical (unpaired) electrons. The molecule has 11 nitrogen and oxygen atoms in total. The summed E-state index contributed by atoms with van der Waals surface area (Å²) in [5, 5.41) is 19.8. The van der Waals surface area contributed by atoms with Crippen molar-refractivity contribution in [2.24, 2.45) is 16.7 Å². The van der Waals surface area contributed by atoms with Gasteiger partial charge in [0.05, 0.1) is 34.4 Å². The molecule has 49 heavy (non-hydrogen) atoms. The van der Waals surface area contributed by atoms with Crippen LogP contribution >= 0.6 is 11.3 Å². The van der Waals surface area contributed by atoms with Crippen molar-refractivity contribution in [2.75, 3.05) is 32.8 Å². The van der Waals surface area contributed by atoms with Crippen LogP contribution in [0.5, 0.6) is 0 Å². The van der Waals surface area contributed by atoms with Crippen molar-refractivity contribution in [2.45, 2.75) is 110 Å². The molecule has 12 heteroatoms. The molecule has 1 aromatic heterocycles. The summed E-state index contributed by atoms with van der Waals surface area (Å²) in [7, 11) is 0. The number of carbonyl (C=O) groups excluding carboxylic acids is 3. The molecule has 2 aromatic rings. The first-order valence-corrected chi connectivity index (χ1v) is 18.8. The number of β-amino-alcohol motifs (C(OH)–C–C–N with tert-alkyl or cyclic N) is 1. The Kier molecular flexibility index (Phi) is 11.1. The Morgan fingerprint density at radius 2 is 1.78 bits per heavy atom. The molecule has 268 valence electrons. The summed E-state index contributed by atoms with van der Waals surface area (Å²) in [6.07, 6.45) is 6.12. The van der Waals surface area contributed by atoms with Gasteiger partial charge in [0.2, 0.25) is 17.7 Å². The zero-order chi connectivity index (χ0) is 34.8. The fraction of sp³-hybridized carbons (Fsp3) is 0.676. The highest BCUT2D eigenvalue weighted by atomic mass is 32.1. The molecule has 1 spiro atoms. The smallest absolute Gasteiger partial charge is 0.246 e. The molecule has 6 rings (SSSR count). The van der Waals surface area contributed by atoms with E-state index in [1.807, 2.05) is 57.5 Å². The SMILES string of the molecule is Cc1ncsc1-c1ccc(CNC(=O)[C@@H]2C[C@@H](O)CN2C(=O)[C@@H](NC(=O)COC2CC(OCC3CC4(CCNCC4)C3)C2)C(C)(C)C)cc1. The summed E-state index contributed by atoms with van der Waals surface area (Å²) in [5.74, 6) is -0.438. The molecule has 2 aliphatic carbocycles. The second-order valence-electron chi connectivity index (χ2n) is 15.8. The largest absolute Gasteiger partial charge is 0.391 e. The van der Waals surface area contributed by atoms with Gasteiger partial charge in [-0.15, -0.1) is 11.3 Å². The normalized spacial score (nSPS) is 25.8. The fourth-order valence-electron chi connectivity index (χ4n) is 7.89.